The second kappa shape index (κ2) is 6.95. The molecule has 0 aromatic heterocycles. The number of aromatic hydroxyl groups is 1. The summed E-state index contributed by atoms with van der Waals surface area (Å²) in [6.07, 6.45) is 0.853. The van der Waals surface area contributed by atoms with E-state index in [-0.39, 0.29) is 11.8 Å². The van der Waals surface area contributed by atoms with Crippen molar-refractivity contribution in [3.8, 4) is 17.2 Å². The Morgan fingerprint density at radius 1 is 1.15 bits per heavy atom. The molecule has 0 bridgehead atoms. The molecule has 3 N–H and O–H groups in total. The highest BCUT2D eigenvalue weighted by atomic mass is 127. The van der Waals surface area contributed by atoms with Gasteiger partial charge < -0.3 is 15.6 Å². The molecule has 0 aliphatic rings. The minimum Gasteiger partial charge on any atom is -0.508 e. The summed E-state index contributed by atoms with van der Waals surface area (Å²) in [5.41, 5.74) is 7.06. The fourth-order valence-electron chi connectivity index (χ4n) is 1.83. The van der Waals surface area contributed by atoms with Gasteiger partial charge in [-0.15, -0.1) is 0 Å². The second-order valence-electron chi connectivity index (χ2n) is 4.67. The summed E-state index contributed by atoms with van der Waals surface area (Å²) in [6, 6.07) is 11.1. The molecule has 106 valence electrons. The predicted molar refractivity (Wildman–Crippen MR) is 97.4 cm³/mol. The summed E-state index contributed by atoms with van der Waals surface area (Å²) in [4.78, 5) is 0. The van der Waals surface area contributed by atoms with Gasteiger partial charge in [0, 0.05) is 6.04 Å². The van der Waals surface area contributed by atoms with Gasteiger partial charge in [-0.3, -0.25) is 0 Å². The van der Waals surface area contributed by atoms with Crippen molar-refractivity contribution in [2.45, 2.75) is 19.4 Å². The van der Waals surface area contributed by atoms with Crippen molar-refractivity contribution in [1.29, 1.82) is 0 Å². The number of benzene rings is 2. The molecule has 0 aliphatic heterocycles. The van der Waals surface area contributed by atoms with Gasteiger partial charge in [-0.1, -0.05) is 0 Å². The van der Waals surface area contributed by atoms with E-state index in [2.05, 4.69) is 57.3 Å². The van der Waals surface area contributed by atoms with Gasteiger partial charge in [0.05, 0.1) is 7.14 Å². The van der Waals surface area contributed by atoms with E-state index in [1.807, 2.05) is 6.92 Å². The smallest absolute Gasteiger partial charge is 0.154 e. The van der Waals surface area contributed by atoms with Crippen molar-refractivity contribution < 1.29 is 9.84 Å². The lowest BCUT2D eigenvalue weighted by atomic mass is 10.1. The summed E-state index contributed by atoms with van der Waals surface area (Å²) < 4.78 is 8.01. The van der Waals surface area contributed by atoms with Gasteiger partial charge in [0.1, 0.15) is 11.5 Å². The van der Waals surface area contributed by atoms with Crippen LogP contribution in [0.1, 0.15) is 12.5 Å². The third-order valence-corrected chi connectivity index (χ3v) is 4.27. The molecule has 5 heteroatoms. The minimum atomic E-state index is 0.144. The quantitative estimate of drug-likeness (QED) is 0.624. The minimum absolute atomic E-state index is 0.144. The van der Waals surface area contributed by atoms with E-state index >= 15 is 0 Å². The van der Waals surface area contributed by atoms with Gasteiger partial charge in [0.25, 0.3) is 0 Å². The van der Waals surface area contributed by atoms with Crippen LogP contribution >= 0.6 is 45.2 Å². The van der Waals surface area contributed by atoms with Crippen molar-refractivity contribution in [3.63, 3.8) is 0 Å². The molecule has 0 radical (unpaired) electrons. The van der Waals surface area contributed by atoms with Crippen LogP contribution in [0.15, 0.2) is 36.4 Å². The summed E-state index contributed by atoms with van der Waals surface area (Å²) in [5, 5.41) is 9.28. The molecule has 0 unspecified atom stereocenters. The van der Waals surface area contributed by atoms with Crippen LogP contribution in [0.3, 0.4) is 0 Å². The molecule has 1 atom stereocenters. The van der Waals surface area contributed by atoms with Crippen LogP contribution in [-0.4, -0.2) is 11.1 Å². The highest BCUT2D eigenvalue weighted by Crippen LogP contribution is 2.33. The highest BCUT2D eigenvalue weighted by molar-refractivity contribution is 14.1. The first-order chi connectivity index (χ1) is 9.45. The Balaban J connectivity index is 2.26. The van der Waals surface area contributed by atoms with Crippen LogP contribution < -0.4 is 10.5 Å². The van der Waals surface area contributed by atoms with Crippen molar-refractivity contribution in [2.75, 3.05) is 0 Å². The molecular formula is C15H15I2NO2. The van der Waals surface area contributed by atoms with Crippen molar-refractivity contribution in [2.24, 2.45) is 5.73 Å². The molecule has 0 fully saturated rings. The number of phenolic OH excluding ortho intramolecular Hbond substituents is 1. The van der Waals surface area contributed by atoms with E-state index in [0.717, 1.165) is 19.3 Å². The van der Waals surface area contributed by atoms with E-state index in [4.69, 9.17) is 10.5 Å². The number of hydrogen-bond acceptors (Lipinski definition) is 3. The van der Waals surface area contributed by atoms with Gasteiger partial charge >= 0.3 is 0 Å². The lowest BCUT2D eigenvalue weighted by Gasteiger charge is -2.13. The number of halogens is 2. The van der Waals surface area contributed by atoms with Gasteiger partial charge in [-0.25, -0.2) is 0 Å². The number of hydrogen-bond donors (Lipinski definition) is 2. The van der Waals surface area contributed by atoms with E-state index in [1.54, 1.807) is 24.3 Å². The van der Waals surface area contributed by atoms with Crippen LogP contribution in [0.2, 0.25) is 0 Å². The summed E-state index contributed by atoms with van der Waals surface area (Å²) in [5.74, 6) is 1.78. The molecule has 0 aliphatic carbocycles. The fraction of sp³-hybridized carbons (Fsp3) is 0.200. The molecule has 0 heterocycles. The molecule has 2 aromatic rings. The Morgan fingerprint density at radius 2 is 1.70 bits per heavy atom. The Bertz CT molecular complexity index is 574. The van der Waals surface area contributed by atoms with Gasteiger partial charge in [-0.05, 0) is 100 Å². The summed E-state index contributed by atoms with van der Waals surface area (Å²) in [7, 11) is 0. The normalized spacial score (nSPS) is 12.2. The Morgan fingerprint density at radius 3 is 2.20 bits per heavy atom. The largest absolute Gasteiger partial charge is 0.508 e. The standard InChI is InChI=1S/C15H15I2NO2/c1-9(18)6-10-7-13(16)15(14(17)8-10)20-12-4-2-11(19)3-5-12/h2-5,7-9,19H,6,18H2,1H3/t9-/m0/s1. The van der Waals surface area contributed by atoms with Crippen LogP contribution in [0, 0.1) is 7.14 Å². The number of rotatable bonds is 4. The van der Waals surface area contributed by atoms with Crippen LogP contribution in [0.25, 0.3) is 0 Å². The zero-order valence-electron chi connectivity index (χ0n) is 10.9. The first-order valence-corrected chi connectivity index (χ1v) is 8.32. The monoisotopic (exact) mass is 495 g/mol. The lowest BCUT2D eigenvalue weighted by Crippen LogP contribution is -2.17. The third kappa shape index (κ3) is 4.23. The first kappa shape index (κ1) is 15.8. The van der Waals surface area contributed by atoms with Gasteiger partial charge in [0.2, 0.25) is 0 Å². The highest BCUT2D eigenvalue weighted by Gasteiger charge is 2.11. The summed E-state index contributed by atoms with van der Waals surface area (Å²) >= 11 is 4.54. The van der Waals surface area contributed by atoms with E-state index in [9.17, 15) is 5.11 Å². The van der Waals surface area contributed by atoms with Gasteiger partial charge in [-0.2, -0.15) is 0 Å². The van der Waals surface area contributed by atoms with Crippen LogP contribution in [0.4, 0.5) is 0 Å². The first-order valence-electron chi connectivity index (χ1n) is 6.16. The zero-order valence-corrected chi connectivity index (χ0v) is 15.3. The molecule has 0 spiro atoms. The molecule has 0 saturated heterocycles. The lowest BCUT2D eigenvalue weighted by molar-refractivity contribution is 0.461. The average molecular weight is 495 g/mol. The third-order valence-electron chi connectivity index (χ3n) is 2.67. The van der Waals surface area contributed by atoms with Crippen LogP contribution in [0.5, 0.6) is 17.2 Å². The maximum absolute atomic E-state index is 9.28. The molecule has 2 aromatic carbocycles. The van der Waals surface area contributed by atoms with E-state index in [0.29, 0.717) is 5.75 Å². The molecule has 0 amide bonds. The predicted octanol–water partition coefficient (Wildman–Crippen LogP) is 4.28. The molecular weight excluding hydrogens is 480 g/mol. The maximum atomic E-state index is 9.28. The number of nitrogens with two attached hydrogens (primary N) is 1. The molecule has 0 saturated carbocycles. The summed E-state index contributed by atoms with van der Waals surface area (Å²) in [6.45, 7) is 2.00. The molecule has 2 rings (SSSR count). The Hall–Kier alpha value is -0.540. The fourth-order valence-corrected chi connectivity index (χ4v) is 3.95. The zero-order chi connectivity index (χ0) is 14.7. The van der Waals surface area contributed by atoms with E-state index < -0.39 is 0 Å². The number of ether oxygens (including phenoxy) is 1. The van der Waals surface area contributed by atoms with Gasteiger partial charge in [0.15, 0.2) is 5.75 Å². The average Bonchev–Trinajstić information content (AvgIpc) is 2.35. The molecule has 3 nitrogen and oxygen atoms in total. The van der Waals surface area contributed by atoms with Crippen molar-refractivity contribution in [3.05, 3.63) is 49.1 Å². The maximum Gasteiger partial charge on any atom is 0.154 e. The topological polar surface area (TPSA) is 55.5 Å². The Kier molecular flexibility index (Phi) is 5.50. The Labute approximate surface area is 145 Å². The second-order valence-corrected chi connectivity index (χ2v) is 6.99. The van der Waals surface area contributed by atoms with Crippen LogP contribution in [-0.2, 0) is 6.42 Å². The van der Waals surface area contributed by atoms with Crippen molar-refractivity contribution in [1.82, 2.24) is 0 Å². The van der Waals surface area contributed by atoms with Crippen molar-refractivity contribution >= 4 is 45.2 Å². The van der Waals surface area contributed by atoms with E-state index in [1.165, 1.54) is 5.56 Å². The molecule has 20 heavy (non-hydrogen) atoms. The SMILES string of the molecule is C[C@H](N)Cc1cc(I)c(Oc2ccc(O)cc2)c(I)c1. The number of phenols is 1.